The Morgan fingerprint density at radius 1 is 1.38 bits per heavy atom. The van der Waals surface area contributed by atoms with Crippen molar-refractivity contribution in [1.29, 1.82) is 0 Å². The molecule has 1 rings (SSSR count). The molecule has 0 aliphatic rings. The number of nitrogen functional groups attached to an aromatic ring is 1. The molecule has 3 N–H and O–H groups in total. The number of rotatable bonds is 4. The van der Waals surface area contributed by atoms with E-state index in [1.54, 1.807) is 6.07 Å². The van der Waals surface area contributed by atoms with Crippen LogP contribution >= 0.6 is 15.9 Å². The number of hydrogen-bond acceptors (Lipinski definition) is 2. The lowest BCUT2D eigenvalue weighted by Gasteiger charge is -2.18. The van der Waals surface area contributed by atoms with Gasteiger partial charge in [0, 0.05) is 12.1 Å². The minimum absolute atomic E-state index is 0.280. The number of halogens is 2. The third-order valence-electron chi connectivity index (χ3n) is 2.32. The van der Waals surface area contributed by atoms with Gasteiger partial charge in [0.25, 0.3) is 0 Å². The molecule has 0 aliphatic heterocycles. The minimum atomic E-state index is -0.298. The number of nitrogens with two attached hydrogens (primary N) is 1. The summed E-state index contributed by atoms with van der Waals surface area (Å²) in [6, 6.07) is 3.29. The van der Waals surface area contributed by atoms with Gasteiger partial charge in [-0.05, 0) is 41.3 Å². The summed E-state index contributed by atoms with van der Waals surface area (Å²) in [7, 11) is 0. The predicted molar refractivity (Wildman–Crippen MR) is 71.1 cm³/mol. The zero-order valence-corrected chi connectivity index (χ0v) is 11.4. The van der Waals surface area contributed by atoms with Gasteiger partial charge >= 0.3 is 0 Å². The van der Waals surface area contributed by atoms with E-state index in [0.29, 0.717) is 21.8 Å². The lowest BCUT2D eigenvalue weighted by Crippen LogP contribution is -2.18. The zero-order chi connectivity index (χ0) is 12.3. The van der Waals surface area contributed by atoms with E-state index in [9.17, 15) is 4.39 Å². The van der Waals surface area contributed by atoms with Gasteiger partial charge in [0.1, 0.15) is 5.82 Å². The molecule has 0 heterocycles. The van der Waals surface area contributed by atoms with Crippen LogP contribution in [0.2, 0.25) is 0 Å². The smallest absolute Gasteiger partial charge is 0.139 e. The Balaban J connectivity index is 2.77. The molecule has 0 aromatic heterocycles. The molecule has 2 nitrogen and oxygen atoms in total. The molecule has 0 amide bonds. The Morgan fingerprint density at radius 3 is 2.56 bits per heavy atom. The average molecular weight is 289 g/mol. The van der Waals surface area contributed by atoms with Crippen molar-refractivity contribution in [3.63, 3.8) is 0 Å². The van der Waals surface area contributed by atoms with E-state index < -0.39 is 0 Å². The molecule has 1 unspecified atom stereocenters. The van der Waals surface area contributed by atoms with Gasteiger partial charge in [0.2, 0.25) is 0 Å². The number of anilines is 2. The van der Waals surface area contributed by atoms with Gasteiger partial charge in [0.15, 0.2) is 0 Å². The first kappa shape index (κ1) is 13.3. The zero-order valence-electron chi connectivity index (χ0n) is 9.85. The highest BCUT2D eigenvalue weighted by Gasteiger charge is 2.09. The average Bonchev–Trinajstić information content (AvgIpc) is 2.12. The van der Waals surface area contributed by atoms with Crippen LogP contribution in [-0.4, -0.2) is 6.04 Å². The Kier molecular flexibility index (Phi) is 4.59. The molecule has 1 atom stereocenters. The van der Waals surface area contributed by atoms with Crippen molar-refractivity contribution in [3.05, 3.63) is 22.4 Å². The third-order valence-corrected chi connectivity index (χ3v) is 2.93. The quantitative estimate of drug-likeness (QED) is 0.822. The molecule has 90 valence electrons. The van der Waals surface area contributed by atoms with Crippen LogP contribution in [0.3, 0.4) is 0 Å². The lowest BCUT2D eigenvalue weighted by molar-refractivity contribution is 0.539. The molecule has 0 bridgehead atoms. The number of nitrogens with one attached hydrogen (secondary N) is 1. The predicted octanol–water partition coefficient (Wildman–Crippen LogP) is 4.02. The summed E-state index contributed by atoms with van der Waals surface area (Å²) >= 11 is 3.10. The standard InChI is InChI=1S/C12H18BrFN2/c1-7(2)4-8(3)16-12-6-10(14)9(13)5-11(12)15/h5-8,16H,4,15H2,1-3H3. The van der Waals surface area contributed by atoms with Crippen LogP contribution in [0.1, 0.15) is 27.2 Å². The first-order valence-corrected chi connectivity index (χ1v) is 6.20. The SMILES string of the molecule is CC(C)CC(C)Nc1cc(F)c(Br)cc1N. The monoisotopic (exact) mass is 288 g/mol. The molecule has 0 aliphatic carbocycles. The summed E-state index contributed by atoms with van der Waals surface area (Å²) in [5.74, 6) is 0.303. The van der Waals surface area contributed by atoms with Crippen molar-refractivity contribution in [2.75, 3.05) is 11.1 Å². The van der Waals surface area contributed by atoms with E-state index in [4.69, 9.17) is 5.73 Å². The van der Waals surface area contributed by atoms with Gasteiger partial charge < -0.3 is 11.1 Å². The Morgan fingerprint density at radius 2 is 2.00 bits per heavy atom. The molecule has 4 heteroatoms. The normalized spacial score (nSPS) is 12.9. The van der Waals surface area contributed by atoms with Crippen molar-refractivity contribution >= 4 is 27.3 Å². The van der Waals surface area contributed by atoms with Crippen LogP contribution in [0.4, 0.5) is 15.8 Å². The maximum absolute atomic E-state index is 13.3. The first-order chi connectivity index (χ1) is 7.40. The molecule has 0 saturated carbocycles. The van der Waals surface area contributed by atoms with Crippen LogP contribution in [-0.2, 0) is 0 Å². The van der Waals surface area contributed by atoms with Gasteiger partial charge in [-0.25, -0.2) is 4.39 Å². The molecular formula is C12H18BrFN2. The highest BCUT2D eigenvalue weighted by Crippen LogP contribution is 2.27. The van der Waals surface area contributed by atoms with Crippen LogP contribution in [0.15, 0.2) is 16.6 Å². The molecule has 1 aromatic carbocycles. The van der Waals surface area contributed by atoms with Crippen LogP contribution in [0.5, 0.6) is 0 Å². The summed E-state index contributed by atoms with van der Waals surface area (Å²) < 4.78 is 13.7. The fourth-order valence-corrected chi connectivity index (χ4v) is 2.08. The van der Waals surface area contributed by atoms with Crippen LogP contribution in [0.25, 0.3) is 0 Å². The van der Waals surface area contributed by atoms with Gasteiger partial charge in [-0.2, -0.15) is 0 Å². The molecule has 1 aromatic rings. The van der Waals surface area contributed by atoms with Crippen molar-refractivity contribution < 1.29 is 4.39 Å². The maximum atomic E-state index is 13.3. The molecule has 16 heavy (non-hydrogen) atoms. The maximum Gasteiger partial charge on any atom is 0.139 e. The highest BCUT2D eigenvalue weighted by atomic mass is 79.9. The third kappa shape index (κ3) is 3.67. The molecular weight excluding hydrogens is 271 g/mol. The summed E-state index contributed by atoms with van der Waals surface area (Å²) in [5.41, 5.74) is 7.03. The van der Waals surface area contributed by atoms with Crippen molar-refractivity contribution in [1.82, 2.24) is 0 Å². The van der Waals surface area contributed by atoms with E-state index in [2.05, 4.69) is 42.0 Å². The van der Waals surface area contributed by atoms with Gasteiger partial charge in [-0.3, -0.25) is 0 Å². The van der Waals surface area contributed by atoms with Crippen molar-refractivity contribution in [3.8, 4) is 0 Å². The second kappa shape index (κ2) is 5.53. The Hall–Kier alpha value is -0.770. The van der Waals surface area contributed by atoms with E-state index in [1.807, 2.05) is 0 Å². The van der Waals surface area contributed by atoms with Crippen LogP contribution in [0, 0.1) is 11.7 Å². The largest absolute Gasteiger partial charge is 0.397 e. The Bertz CT molecular complexity index is 366. The first-order valence-electron chi connectivity index (χ1n) is 5.41. The fourth-order valence-electron chi connectivity index (χ4n) is 1.72. The van der Waals surface area contributed by atoms with E-state index >= 15 is 0 Å². The summed E-state index contributed by atoms with van der Waals surface area (Å²) in [6.45, 7) is 6.38. The van der Waals surface area contributed by atoms with Crippen molar-refractivity contribution in [2.45, 2.75) is 33.2 Å². The minimum Gasteiger partial charge on any atom is -0.397 e. The molecule has 0 spiro atoms. The van der Waals surface area contributed by atoms with E-state index in [1.165, 1.54) is 6.07 Å². The second-order valence-electron chi connectivity index (χ2n) is 4.53. The number of hydrogen-bond donors (Lipinski definition) is 2. The molecule has 0 saturated heterocycles. The van der Waals surface area contributed by atoms with Crippen LogP contribution < -0.4 is 11.1 Å². The van der Waals surface area contributed by atoms with Gasteiger partial charge in [-0.1, -0.05) is 13.8 Å². The number of benzene rings is 1. The van der Waals surface area contributed by atoms with Gasteiger partial charge in [0.05, 0.1) is 15.8 Å². The van der Waals surface area contributed by atoms with Gasteiger partial charge in [-0.15, -0.1) is 0 Å². The fraction of sp³-hybridized carbons (Fsp3) is 0.500. The van der Waals surface area contributed by atoms with E-state index in [0.717, 1.165) is 6.42 Å². The topological polar surface area (TPSA) is 38.0 Å². The Labute approximate surface area is 105 Å². The second-order valence-corrected chi connectivity index (χ2v) is 5.38. The highest BCUT2D eigenvalue weighted by molar-refractivity contribution is 9.10. The summed E-state index contributed by atoms with van der Waals surface area (Å²) in [5, 5.41) is 3.22. The summed E-state index contributed by atoms with van der Waals surface area (Å²) in [6.07, 6.45) is 1.02. The van der Waals surface area contributed by atoms with E-state index in [-0.39, 0.29) is 11.9 Å². The lowest BCUT2D eigenvalue weighted by atomic mass is 10.0. The molecule has 0 fully saturated rings. The molecule has 0 radical (unpaired) electrons. The van der Waals surface area contributed by atoms with Crippen molar-refractivity contribution in [2.24, 2.45) is 5.92 Å². The summed E-state index contributed by atoms with van der Waals surface area (Å²) in [4.78, 5) is 0.